The minimum absolute atomic E-state index is 0.0338. The van der Waals surface area contributed by atoms with Crippen molar-refractivity contribution in [2.45, 2.75) is 115 Å². The molecule has 0 aliphatic heterocycles. The molecule has 4 N–H and O–H groups in total. The Balaban J connectivity index is 3.46. The summed E-state index contributed by atoms with van der Waals surface area (Å²) in [4.78, 5) is 21.6. The van der Waals surface area contributed by atoms with Crippen molar-refractivity contribution in [3.05, 3.63) is 0 Å². The van der Waals surface area contributed by atoms with E-state index in [1.807, 2.05) is 0 Å². The molecule has 8 heteroatoms. The molecule has 31 heavy (non-hydrogen) atoms. The van der Waals surface area contributed by atoms with Crippen LogP contribution in [0.1, 0.15) is 96.8 Å². The fraction of sp³-hybridized carbons (Fsp3) is 0.913. The van der Waals surface area contributed by atoms with Crippen molar-refractivity contribution in [1.29, 1.82) is 0 Å². The fourth-order valence-electron chi connectivity index (χ4n) is 3.31. The molecule has 0 aliphatic rings. The maximum atomic E-state index is 10.9. The molecule has 0 saturated carbocycles. The van der Waals surface area contributed by atoms with Gasteiger partial charge in [0.05, 0.1) is 13.2 Å². The number of carboxylic acids is 2. The second kappa shape index (κ2) is 20.7. The summed E-state index contributed by atoms with van der Waals surface area (Å²) in [5.41, 5.74) is 0. The van der Waals surface area contributed by atoms with Crippen LogP contribution in [0.3, 0.4) is 0 Å². The van der Waals surface area contributed by atoms with Gasteiger partial charge in [0.15, 0.2) is 12.2 Å². The molecule has 3 unspecified atom stereocenters. The summed E-state index contributed by atoms with van der Waals surface area (Å²) >= 11 is 0. The van der Waals surface area contributed by atoms with Gasteiger partial charge >= 0.3 is 11.9 Å². The number of aliphatic carboxylic acids is 2. The molecule has 0 bridgehead atoms. The average Bonchev–Trinajstić information content (AvgIpc) is 2.73. The van der Waals surface area contributed by atoms with Crippen molar-refractivity contribution >= 4 is 11.9 Å². The smallest absolute Gasteiger partial charge is 0.336 e. The topological polar surface area (TPSA) is 134 Å². The number of unbranched alkanes of at least 4 members (excludes halogenated alkanes) is 13. The maximum absolute atomic E-state index is 10.9. The lowest BCUT2D eigenvalue weighted by Gasteiger charge is -2.18. The summed E-state index contributed by atoms with van der Waals surface area (Å²) in [5.74, 6) is -3.30. The lowest BCUT2D eigenvalue weighted by Crippen LogP contribution is -2.43. The van der Waals surface area contributed by atoms with E-state index in [1.165, 1.54) is 77.0 Å². The minimum atomic E-state index is -2.19. The first-order valence-electron chi connectivity index (χ1n) is 11.9. The fourth-order valence-corrected chi connectivity index (χ4v) is 3.31. The van der Waals surface area contributed by atoms with E-state index in [1.54, 1.807) is 0 Å². The zero-order valence-corrected chi connectivity index (χ0v) is 19.2. The molecule has 0 aliphatic carbocycles. The van der Waals surface area contributed by atoms with E-state index in [4.69, 9.17) is 19.7 Å². The summed E-state index contributed by atoms with van der Waals surface area (Å²) in [6.07, 6.45) is 12.6. The van der Waals surface area contributed by atoms with Gasteiger partial charge in [0.2, 0.25) is 0 Å². The quantitative estimate of drug-likeness (QED) is 0.174. The lowest BCUT2D eigenvalue weighted by molar-refractivity contribution is -0.174. The van der Waals surface area contributed by atoms with Crippen LogP contribution in [-0.4, -0.2) is 70.5 Å². The second-order valence-corrected chi connectivity index (χ2v) is 8.20. The summed E-state index contributed by atoms with van der Waals surface area (Å²) in [7, 11) is 0. The molecule has 3 atom stereocenters. The van der Waals surface area contributed by atoms with Crippen molar-refractivity contribution in [1.82, 2.24) is 0 Å². The average molecular weight is 449 g/mol. The molecule has 0 aromatic rings. The van der Waals surface area contributed by atoms with Crippen molar-refractivity contribution < 1.29 is 39.5 Å². The van der Waals surface area contributed by atoms with Crippen LogP contribution in [-0.2, 0) is 19.1 Å². The van der Waals surface area contributed by atoms with E-state index < -0.39 is 36.9 Å². The monoisotopic (exact) mass is 448 g/mol. The Morgan fingerprint density at radius 1 is 0.677 bits per heavy atom. The molecule has 0 aromatic carbocycles. The van der Waals surface area contributed by atoms with Crippen molar-refractivity contribution in [3.63, 3.8) is 0 Å². The largest absolute Gasteiger partial charge is 0.479 e. The first-order chi connectivity index (χ1) is 14.9. The first-order valence-corrected chi connectivity index (χ1v) is 11.9. The van der Waals surface area contributed by atoms with E-state index >= 15 is 0 Å². The number of ether oxygens (including phenoxy) is 2. The molecule has 8 nitrogen and oxygen atoms in total. The number of rotatable bonds is 23. The van der Waals surface area contributed by atoms with Gasteiger partial charge in [-0.1, -0.05) is 90.4 Å². The SMILES string of the molecule is CCCCCCCCCCCCCCCCOCC(O)COC(C(=O)O)C(O)C(=O)O. The molecule has 0 amide bonds. The maximum Gasteiger partial charge on any atom is 0.336 e. The third kappa shape index (κ3) is 18.1. The van der Waals surface area contributed by atoms with E-state index in [-0.39, 0.29) is 6.61 Å². The Hall–Kier alpha value is -1.22. The van der Waals surface area contributed by atoms with Gasteiger partial charge in [-0.3, -0.25) is 0 Å². The zero-order chi connectivity index (χ0) is 23.3. The Kier molecular flexibility index (Phi) is 19.9. The van der Waals surface area contributed by atoms with Gasteiger partial charge in [0.25, 0.3) is 0 Å². The highest BCUT2D eigenvalue weighted by molar-refractivity contribution is 5.83. The third-order valence-corrected chi connectivity index (χ3v) is 5.20. The molecule has 0 spiro atoms. The number of carboxylic acid groups (broad SMARTS) is 2. The van der Waals surface area contributed by atoms with E-state index in [0.717, 1.165) is 12.8 Å². The summed E-state index contributed by atoms with van der Waals surface area (Å²) in [6.45, 7) is 2.28. The predicted molar refractivity (Wildman–Crippen MR) is 118 cm³/mol. The molecule has 0 heterocycles. The van der Waals surface area contributed by atoms with Crippen LogP contribution in [0.25, 0.3) is 0 Å². The van der Waals surface area contributed by atoms with Gasteiger partial charge in [0.1, 0.15) is 6.10 Å². The summed E-state index contributed by atoms with van der Waals surface area (Å²) < 4.78 is 10.2. The van der Waals surface area contributed by atoms with Gasteiger partial charge < -0.3 is 29.9 Å². The van der Waals surface area contributed by atoms with Crippen LogP contribution in [0, 0.1) is 0 Å². The van der Waals surface area contributed by atoms with Crippen LogP contribution >= 0.6 is 0 Å². The van der Waals surface area contributed by atoms with Gasteiger partial charge in [0, 0.05) is 6.61 Å². The molecule has 184 valence electrons. The van der Waals surface area contributed by atoms with E-state index in [9.17, 15) is 19.8 Å². The van der Waals surface area contributed by atoms with Crippen LogP contribution in [0.5, 0.6) is 0 Å². The molecule has 0 aromatic heterocycles. The summed E-state index contributed by atoms with van der Waals surface area (Å²) in [6, 6.07) is 0. The highest BCUT2D eigenvalue weighted by Crippen LogP contribution is 2.13. The van der Waals surface area contributed by atoms with Gasteiger partial charge in [-0.05, 0) is 6.42 Å². The normalized spacial score (nSPS) is 14.3. The third-order valence-electron chi connectivity index (χ3n) is 5.20. The lowest BCUT2D eigenvalue weighted by atomic mass is 10.0. The number of aliphatic hydroxyl groups excluding tert-OH is 2. The van der Waals surface area contributed by atoms with Gasteiger partial charge in [-0.25, -0.2) is 9.59 Å². The highest BCUT2D eigenvalue weighted by Gasteiger charge is 2.33. The van der Waals surface area contributed by atoms with Crippen LogP contribution in [0.4, 0.5) is 0 Å². The van der Waals surface area contributed by atoms with Gasteiger partial charge in [-0.2, -0.15) is 0 Å². The number of carbonyl (C=O) groups is 2. The molecule has 0 fully saturated rings. The van der Waals surface area contributed by atoms with Crippen molar-refractivity contribution in [3.8, 4) is 0 Å². The van der Waals surface area contributed by atoms with E-state index in [2.05, 4.69) is 6.92 Å². The van der Waals surface area contributed by atoms with Crippen LogP contribution in [0.2, 0.25) is 0 Å². The van der Waals surface area contributed by atoms with Gasteiger partial charge in [-0.15, -0.1) is 0 Å². The Morgan fingerprint density at radius 3 is 1.55 bits per heavy atom. The zero-order valence-electron chi connectivity index (χ0n) is 19.2. The van der Waals surface area contributed by atoms with E-state index in [0.29, 0.717) is 6.61 Å². The molecule has 0 radical (unpaired) electrons. The molecular weight excluding hydrogens is 404 g/mol. The Bertz CT molecular complexity index is 443. The van der Waals surface area contributed by atoms with Crippen molar-refractivity contribution in [2.24, 2.45) is 0 Å². The predicted octanol–water partition coefficient (Wildman–Crippen LogP) is 3.76. The highest BCUT2D eigenvalue weighted by atomic mass is 16.5. The van der Waals surface area contributed by atoms with Crippen LogP contribution < -0.4 is 0 Å². The summed E-state index contributed by atoms with van der Waals surface area (Å²) in [5, 5.41) is 36.5. The molecule has 0 rings (SSSR count). The van der Waals surface area contributed by atoms with Crippen molar-refractivity contribution in [2.75, 3.05) is 19.8 Å². The number of aliphatic hydroxyl groups is 2. The standard InChI is InChI=1S/C23H44O8/c1-2-3-4-5-6-7-8-9-10-11-12-13-14-15-16-30-17-19(24)18-31-21(23(28)29)20(25)22(26)27/h19-21,24-25H,2-18H2,1H3,(H,26,27)(H,28,29). The molecule has 0 saturated heterocycles. The Morgan fingerprint density at radius 2 is 1.13 bits per heavy atom. The first kappa shape index (κ1) is 29.8. The van der Waals surface area contributed by atoms with Crippen LogP contribution in [0.15, 0.2) is 0 Å². The second-order valence-electron chi connectivity index (χ2n) is 8.20. The minimum Gasteiger partial charge on any atom is -0.479 e. The number of hydrogen-bond acceptors (Lipinski definition) is 6. The Labute approximate surface area is 186 Å². The number of hydrogen-bond donors (Lipinski definition) is 4. The molecular formula is C23H44O8.